The molecule has 0 spiro atoms. The average Bonchev–Trinajstić information content (AvgIpc) is 4.04. The van der Waals surface area contributed by atoms with Crippen LogP contribution in [-0.4, -0.2) is 14.1 Å². The topological polar surface area (TPSA) is 35.9 Å². The molecule has 2 atom stereocenters. The summed E-state index contributed by atoms with van der Waals surface area (Å²) in [7, 11) is 0. The van der Waals surface area contributed by atoms with Gasteiger partial charge in [0.2, 0.25) is 0 Å². The van der Waals surface area contributed by atoms with E-state index in [1.165, 1.54) is 16.7 Å². The number of hydrogen-bond acceptors (Lipinski definition) is 2. The molecule has 2 bridgehead atoms. The van der Waals surface area contributed by atoms with E-state index >= 15 is 0 Å². The van der Waals surface area contributed by atoms with Gasteiger partial charge in [-0.15, -0.1) is 29.7 Å². The zero-order valence-electron chi connectivity index (χ0n) is 44.8. The van der Waals surface area contributed by atoms with Gasteiger partial charge in [0.25, 0.3) is 6.33 Å². The van der Waals surface area contributed by atoms with Gasteiger partial charge in [0, 0.05) is 49.7 Å². The summed E-state index contributed by atoms with van der Waals surface area (Å²) < 4.78 is 99.3. The van der Waals surface area contributed by atoms with Crippen molar-refractivity contribution < 1.29 is 44.1 Å². The molecule has 0 unspecified atom stereocenters. The van der Waals surface area contributed by atoms with Crippen LogP contribution in [0.5, 0.6) is 11.5 Å². The number of pyridine rings is 1. The molecule has 5 nitrogen and oxygen atoms in total. The summed E-state index contributed by atoms with van der Waals surface area (Å²) in [5, 5.41) is 2.08. The number of para-hydroxylation sites is 4. The predicted molar refractivity (Wildman–Crippen MR) is 249 cm³/mol. The second-order valence-electron chi connectivity index (χ2n) is 17.1. The second-order valence-corrected chi connectivity index (χ2v) is 17.1. The molecule has 6 heteroatoms. The number of hydrogen-bond donors (Lipinski definition) is 0. The molecule has 0 saturated heterocycles. The monoisotopic (exact) mass is 1010 g/mol. The van der Waals surface area contributed by atoms with Gasteiger partial charge < -0.3 is 13.9 Å². The molecule has 7 aromatic carbocycles. The first-order valence-electron chi connectivity index (χ1n) is 25.8. The van der Waals surface area contributed by atoms with Crippen LogP contribution in [-0.2, 0) is 26.5 Å². The van der Waals surface area contributed by atoms with Crippen LogP contribution in [0.3, 0.4) is 0 Å². The first-order valence-corrected chi connectivity index (χ1v) is 20.8. The Bertz CT molecular complexity index is 3870. The molecule has 10 aromatic rings. The Kier molecular flexibility index (Phi) is 6.97. The normalized spacial score (nSPS) is 19.5. The van der Waals surface area contributed by atoms with E-state index in [-0.39, 0.29) is 59.8 Å². The summed E-state index contributed by atoms with van der Waals surface area (Å²) in [6, 6.07) is 31.6. The molecular weight excluding hydrogens is 952 g/mol. The van der Waals surface area contributed by atoms with Crippen molar-refractivity contribution in [1.29, 1.82) is 0 Å². The maximum absolute atomic E-state index is 9.02. The van der Waals surface area contributed by atoms with E-state index < -0.39 is 60.4 Å². The van der Waals surface area contributed by atoms with Gasteiger partial charge in [-0.25, -0.2) is 4.98 Å². The van der Waals surface area contributed by atoms with Gasteiger partial charge >= 0.3 is 0 Å². The summed E-state index contributed by atoms with van der Waals surface area (Å²) in [6.45, 7) is 9.41. The van der Waals surface area contributed by atoms with Crippen molar-refractivity contribution in [2.45, 2.75) is 51.9 Å². The van der Waals surface area contributed by atoms with E-state index in [1.807, 2.05) is 54.6 Å². The molecule has 0 radical (unpaired) electrons. The van der Waals surface area contributed by atoms with E-state index in [2.05, 4.69) is 75.1 Å². The first kappa shape index (κ1) is 29.7. The Balaban J connectivity index is 0.00000574. The van der Waals surface area contributed by atoms with Crippen LogP contribution in [0.15, 0.2) is 164 Å². The SMILES string of the molecule is [2H]c1c([2H])c([2H])c(-c2cccc(-c3c([2H])c([2H])c([2H])c([2H])c3[2H])c2-[n+]2[c-]n(-c3[c-]c(Oc4[c-]c5c(cc4)c4ccccc4n5-c4ncc5c(c4C)[C@H]4CC[C@]5(C)C4(C)C)ccc3)c3ccccc32)c([2H])c1[2H].[Pt]. The van der Waals surface area contributed by atoms with E-state index in [0.29, 0.717) is 34.1 Å². The molecule has 12 rings (SSSR count). The molecule has 3 heterocycles. The minimum absolute atomic E-state index is 0. The van der Waals surface area contributed by atoms with Crippen LogP contribution >= 0.6 is 0 Å². The van der Waals surface area contributed by atoms with E-state index in [4.69, 9.17) is 23.4 Å². The fourth-order valence-corrected chi connectivity index (χ4v) is 10.5. The van der Waals surface area contributed by atoms with E-state index in [0.717, 1.165) is 40.5 Å². The second kappa shape index (κ2) is 14.8. The quantitative estimate of drug-likeness (QED) is 0.118. The Morgan fingerprint density at radius 3 is 2.14 bits per heavy atom. The number of rotatable bonds is 7. The van der Waals surface area contributed by atoms with Crippen molar-refractivity contribution in [2.75, 3.05) is 0 Å². The summed E-state index contributed by atoms with van der Waals surface area (Å²) in [5.41, 5.74) is 7.88. The molecule has 3 aromatic heterocycles. The smallest absolute Gasteiger partial charge is 0.268 e. The molecule has 310 valence electrons. The van der Waals surface area contributed by atoms with Crippen LogP contribution < -0.4 is 9.30 Å². The molecule has 1 saturated carbocycles. The maximum Gasteiger partial charge on any atom is 0.268 e. The standard InChI is InChI=1S/C57H44N4O.Pt/c1-37-53-47-31-32-57(4,56(47,2)3)48(53)35-58-55(37)61-49-26-12-11-23-45(49)46-30-29-42(34-52(46)61)62-41-22-15-21-40(33-41)59-36-60(51-28-14-13-27-50(51)59)54-43(38-17-7-5-8-18-38)24-16-25-44(54)39-19-9-6-10-20-39;/h5-30,35,47H,31-32H2,1-4H3;/q-2;/t47-,57+;/m1./s1/i5D,6D,7D,8D,9D,10D,17D,18D,19D,20D;. The van der Waals surface area contributed by atoms with Gasteiger partial charge in [-0.3, -0.25) is 4.57 Å². The van der Waals surface area contributed by atoms with Crippen LogP contribution in [0.4, 0.5) is 0 Å². The zero-order valence-corrected chi connectivity index (χ0v) is 37.1. The molecule has 1 fully saturated rings. The van der Waals surface area contributed by atoms with Crippen LogP contribution in [0.25, 0.3) is 72.3 Å². The van der Waals surface area contributed by atoms with Gasteiger partial charge in [-0.1, -0.05) is 147 Å². The fourth-order valence-electron chi connectivity index (χ4n) is 10.5. The van der Waals surface area contributed by atoms with Crippen molar-refractivity contribution in [1.82, 2.24) is 14.1 Å². The molecule has 2 aliphatic carbocycles. The van der Waals surface area contributed by atoms with E-state index in [9.17, 15) is 0 Å². The van der Waals surface area contributed by atoms with Gasteiger partial charge in [-0.2, -0.15) is 18.2 Å². The fraction of sp³-hybridized carbons (Fsp3) is 0.158. The summed E-state index contributed by atoms with van der Waals surface area (Å²) in [5.74, 6) is 2.16. The number of ether oxygens (including phenoxy) is 1. The third-order valence-electron chi connectivity index (χ3n) is 13.9. The van der Waals surface area contributed by atoms with Crippen LogP contribution in [0, 0.1) is 30.8 Å². The Hall–Kier alpha value is -6.55. The third-order valence-corrected chi connectivity index (χ3v) is 13.9. The minimum Gasteiger partial charge on any atom is -0.510 e. The molecule has 0 aliphatic heterocycles. The van der Waals surface area contributed by atoms with Gasteiger partial charge in [0.15, 0.2) is 0 Å². The van der Waals surface area contributed by atoms with Crippen LogP contribution in [0.1, 0.15) is 69.9 Å². The Morgan fingerprint density at radius 2 is 1.40 bits per heavy atom. The third kappa shape index (κ3) is 5.86. The largest absolute Gasteiger partial charge is 0.510 e. The molecule has 2 aliphatic rings. The van der Waals surface area contributed by atoms with Gasteiger partial charge in [0.1, 0.15) is 5.82 Å². The molecule has 0 amide bonds. The van der Waals surface area contributed by atoms with Crippen molar-refractivity contribution in [3.05, 3.63) is 199 Å². The van der Waals surface area contributed by atoms with Gasteiger partial charge in [-0.05, 0) is 87.2 Å². The molecule has 63 heavy (non-hydrogen) atoms. The number of benzene rings is 7. The minimum atomic E-state index is -0.568. The predicted octanol–water partition coefficient (Wildman–Crippen LogP) is 13.4. The molecular formula is C57H44N4OPt-2. The van der Waals surface area contributed by atoms with E-state index in [1.54, 1.807) is 33.4 Å². The summed E-state index contributed by atoms with van der Waals surface area (Å²) in [4.78, 5) is 5.22. The summed E-state index contributed by atoms with van der Waals surface area (Å²) >= 11 is 0. The average molecular weight is 1010 g/mol. The van der Waals surface area contributed by atoms with Crippen molar-refractivity contribution in [3.63, 3.8) is 0 Å². The summed E-state index contributed by atoms with van der Waals surface area (Å²) in [6.07, 6.45) is 7.84. The number of fused-ring (bicyclic) bond motifs is 9. The maximum atomic E-state index is 9.02. The first-order chi connectivity index (χ1) is 34.4. The van der Waals surface area contributed by atoms with Crippen molar-refractivity contribution in [2.24, 2.45) is 5.41 Å². The Morgan fingerprint density at radius 1 is 0.730 bits per heavy atom. The van der Waals surface area contributed by atoms with Gasteiger partial charge in [0.05, 0.1) is 30.4 Å². The number of nitrogens with zero attached hydrogens (tertiary/aromatic N) is 4. The van der Waals surface area contributed by atoms with Crippen LogP contribution in [0.2, 0.25) is 0 Å². The van der Waals surface area contributed by atoms with Crippen molar-refractivity contribution in [3.8, 4) is 50.9 Å². The number of imidazole rings is 1. The Labute approximate surface area is 396 Å². The van der Waals surface area contributed by atoms with Crippen molar-refractivity contribution >= 4 is 32.8 Å². The number of aromatic nitrogens is 4. The zero-order chi connectivity index (χ0) is 50.4. The molecule has 0 N–H and O–H groups in total.